The lowest BCUT2D eigenvalue weighted by atomic mass is 9.96. The SMILES string of the molecule is CN1CC(F)C(NSC2CC2)C1Cc1cccc(-c2cccc(F)c2)c1F. The lowest BCUT2D eigenvalue weighted by Gasteiger charge is -2.26. The van der Waals surface area contributed by atoms with E-state index in [1.54, 1.807) is 42.3 Å². The molecule has 2 aliphatic rings. The maximum Gasteiger partial charge on any atom is 0.134 e. The second kappa shape index (κ2) is 7.86. The number of hydrogen-bond acceptors (Lipinski definition) is 3. The zero-order valence-corrected chi connectivity index (χ0v) is 16.0. The predicted octanol–water partition coefficient (Wildman–Crippen LogP) is 4.60. The molecule has 3 atom stereocenters. The summed E-state index contributed by atoms with van der Waals surface area (Å²) in [7, 11) is 1.88. The van der Waals surface area contributed by atoms with Crippen LogP contribution in [0.3, 0.4) is 0 Å². The molecule has 1 heterocycles. The number of benzene rings is 2. The fourth-order valence-corrected chi connectivity index (χ4v) is 4.70. The first-order valence-corrected chi connectivity index (χ1v) is 10.2. The topological polar surface area (TPSA) is 15.3 Å². The number of halogens is 3. The molecular weight excluding hydrogens is 369 g/mol. The maximum atomic E-state index is 15.2. The van der Waals surface area contributed by atoms with Crippen molar-refractivity contribution < 1.29 is 13.2 Å². The second-order valence-electron chi connectivity index (χ2n) is 7.48. The van der Waals surface area contributed by atoms with E-state index in [1.165, 1.54) is 25.0 Å². The number of nitrogens with zero attached hydrogens (tertiary/aromatic N) is 1. The van der Waals surface area contributed by atoms with Crippen LogP contribution in [0, 0.1) is 11.6 Å². The van der Waals surface area contributed by atoms with Gasteiger partial charge in [0.05, 0.1) is 6.04 Å². The molecule has 4 rings (SSSR count). The minimum absolute atomic E-state index is 0.122. The molecule has 0 aromatic heterocycles. The quantitative estimate of drug-likeness (QED) is 0.724. The Hall–Kier alpha value is -1.50. The van der Waals surface area contributed by atoms with Crippen LogP contribution in [0.25, 0.3) is 11.1 Å². The highest BCUT2D eigenvalue weighted by Gasteiger charge is 2.41. The molecule has 3 unspecified atom stereocenters. The van der Waals surface area contributed by atoms with Crippen molar-refractivity contribution in [1.82, 2.24) is 9.62 Å². The first-order valence-electron chi connectivity index (χ1n) is 9.31. The molecule has 0 bridgehead atoms. The van der Waals surface area contributed by atoms with Crippen LogP contribution in [0.1, 0.15) is 18.4 Å². The van der Waals surface area contributed by atoms with Crippen molar-refractivity contribution in [2.45, 2.75) is 42.8 Å². The molecule has 1 saturated carbocycles. The maximum absolute atomic E-state index is 15.2. The number of likely N-dealkylation sites (N-methyl/N-ethyl adjacent to an activating group) is 1. The van der Waals surface area contributed by atoms with Crippen LogP contribution in [0.4, 0.5) is 13.2 Å². The summed E-state index contributed by atoms with van der Waals surface area (Å²) in [6.45, 7) is 0.346. The lowest BCUT2D eigenvalue weighted by Crippen LogP contribution is -2.43. The fourth-order valence-electron chi connectivity index (χ4n) is 3.68. The molecule has 27 heavy (non-hydrogen) atoms. The molecule has 2 fully saturated rings. The van der Waals surface area contributed by atoms with E-state index < -0.39 is 12.0 Å². The molecule has 0 spiro atoms. The molecule has 144 valence electrons. The Kier molecular flexibility index (Phi) is 5.48. The summed E-state index contributed by atoms with van der Waals surface area (Å²) in [6, 6.07) is 10.7. The van der Waals surface area contributed by atoms with Gasteiger partial charge in [0.15, 0.2) is 0 Å². The Labute approximate surface area is 162 Å². The second-order valence-corrected chi connectivity index (χ2v) is 8.61. The summed E-state index contributed by atoms with van der Waals surface area (Å²) in [5, 5.41) is 0.580. The van der Waals surface area contributed by atoms with Gasteiger partial charge in [-0.05, 0) is 49.6 Å². The molecule has 1 aliphatic carbocycles. The Balaban J connectivity index is 1.56. The van der Waals surface area contributed by atoms with Crippen LogP contribution in [-0.2, 0) is 6.42 Å². The van der Waals surface area contributed by atoms with E-state index in [0.29, 0.717) is 34.9 Å². The molecule has 6 heteroatoms. The van der Waals surface area contributed by atoms with E-state index in [0.717, 1.165) is 0 Å². The van der Waals surface area contributed by atoms with Gasteiger partial charge < -0.3 is 0 Å². The van der Waals surface area contributed by atoms with Crippen LogP contribution in [0.15, 0.2) is 42.5 Å². The minimum atomic E-state index is -0.972. The van der Waals surface area contributed by atoms with Crippen LogP contribution >= 0.6 is 11.9 Å². The first kappa shape index (κ1) is 18.8. The number of likely N-dealkylation sites (tertiary alicyclic amines) is 1. The standard InChI is InChI=1S/C21H23F3N2S/c1-26-12-18(23)21(25-27-16-8-9-16)19(26)11-14-5-3-7-17(20(14)24)13-4-2-6-15(22)10-13/h2-7,10,16,18-19,21,25H,8-9,11-12H2,1H3. The zero-order valence-electron chi connectivity index (χ0n) is 15.2. The predicted molar refractivity (Wildman–Crippen MR) is 104 cm³/mol. The smallest absolute Gasteiger partial charge is 0.134 e. The van der Waals surface area contributed by atoms with E-state index in [9.17, 15) is 8.78 Å². The van der Waals surface area contributed by atoms with Gasteiger partial charge in [-0.15, -0.1) is 0 Å². The minimum Gasteiger partial charge on any atom is -0.298 e. The molecule has 1 N–H and O–H groups in total. The van der Waals surface area contributed by atoms with Crippen molar-refractivity contribution in [2.75, 3.05) is 13.6 Å². The van der Waals surface area contributed by atoms with Crippen LogP contribution in [-0.4, -0.2) is 42.0 Å². The number of hydrogen-bond donors (Lipinski definition) is 1. The van der Waals surface area contributed by atoms with Crippen molar-refractivity contribution >= 4 is 11.9 Å². The molecule has 2 nitrogen and oxygen atoms in total. The first-order chi connectivity index (χ1) is 13.0. The van der Waals surface area contributed by atoms with Gasteiger partial charge >= 0.3 is 0 Å². The Morgan fingerprint density at radius 2 is 1.93 bits per heavy atom. The zero-order chi connectivity index (χ0) is 19.0. The number of rotatable bonds is 6. The van der Waals surface area contributed by atoms with Gasteiger partial charge in [0.25, 0.3) is 0 Å². The van der Waals surface area contributed by atoms with E-state index >= 15 is 4.39 Å². The summed E-state index contributed by atoms with van der Waals surface area (Å²) in [5.74, 6) is -0.748. The lowest BCUT2D eigenvalue weighted by molar-refractivity contribution is 0.289. The van der Waals surface area contributed by atoms with E-state index in [-0.39, 0.29) is 17.9 Å². The molecule has 1 aliphatic heterocycles. The van der Waals surface area contributed by atoms with Crippen LogP contribution in [0.2, 0.25) is 0 Å². The van der Waals surface area contributed by atoms with Crippen molar-refractivity contribution in [1.29, 1.82) is 0 Å². The Morgan fingerprint density at radius 1 is 1.15 bits per heavy atom. The summed E-state index contributed by atoms with van der Waals surface area (Å²) in [4.78, 5) is 1.96. The molecular formula is C21H23F3N2S. The van der Waals surface area contributed by atoms with E-state index in [2.05, 4.69) is 4.72 Å². The third kappa shape index (κ3) is 4.18. The van der Waals surface area contributed by atoms with Crippen molar-refractivity contribution in [2.24, 2.45) is 0 Å². The van der Waals surface area contributed by atoms with Gasteiger partial charge in [-0.1, -0.05) is 42.3 Å². The highest BCUT2D eigenvalue weighted by molar-refractivity contribution is 7.98. The number of nitrogens with one attached hydrogen (secondary N) is 1. The summed E-state index contributed by atoms with van der Waals surface area (Å²) >= 11 is 1.61. The summed E-state index contributed by atoms with van der Waals surface area (Å²) in [5.41, 5.74) is 1.42. The molecule has 0 radical (unpaired) electrons. The van der Waals surface area contributed by atoms with Gasteiger partial charge in [-0.3, -0.25) is 9.62 Å². The molecule has 0 amide bonds. The molecule has 2 aromatic carbocycles. The van der Waals surface area contributed by atoms with Gasteiger partial charge in [-0.2, -0.15) is 0 Å². The Bertz CT molecular complexity index is 812. The van der Waals surface area contributed by atoms with Crippen molar-refractivity contribution in [3.63, 3.8) is 0 Å². The molecule has 1 saturated heterocycles. The monoisotopic (exact) mass is 392 g/mol. The van der Waals surface area contributed by atoms with E-state index in [4.69, 9.17) is 0 Å². The van der Waals surface area contributed by atoms with Gasteiger partial charge in [0.1, 0.15) is 17.8 Å². The fraction of sp³-hybridized carbons (Fsp3) is 0.429. The van der Waals surface area contributed by atoms with Gasteiger partial charge in [0, 0.05) is 23.4 Å². The largest absolute Gasteiger partial charge is 0.298 e. The van der Waals surface area contributed by atoms with Gasteiger partial charge in [0.2, 0.25) is 0 Å². The highest BCUT2D eigenvalue weighted by atomic mass is 32.2. The summed E-state index contributed by atoms with van der Waals surface area (Å²) < 4.78 is 46.5. The number of alkyl halides is 1. The van der Waals surface area contributed by atoms with Crippen LogP contribution in [0.5, 0.6) is 0 Å². The van der Waals surface area contributed by atoms with Gasteiger partial charge in [-0.25, -0.2) is 13.2 Å². The average Bonchev–Trinajstić information content (AvgIpc) is 3.42. The van der Waals surface area contributed by atoms with Crippen molar-refractivity contribution in [3.05, 3.63) is 59.7 Å². The third-order valence-corrected chi connectivity index (χ3v) is 6.58. The Morgan fingerprint density at radius 3 is 2.67 bits per heavy atom. The normalized spacial score (nSPS) is 25.9. The average molecular weight is 392 g/mol. The highest BCUT2D eigenvalue weighted by Crippen LogP contribution is 2.35. The van der Waals surface area contributed by atoms with Crippen LogP contribution < -0.4 is 4.72 Å². The third-order valence-electron chi connectivity index (χ3n) is 5.37. The van der Waals surface area contributed by atoms with E-state index in [1.807, 2.05) is 11.9 Å². The molecule has 2 aromatic rings. The summed E-state index contributed by atoms with van der Waals surface area (Å²) in [6.07, 6.45) is 1.79. The van der Waals surface area contributed by atoms with Crippen molar-refractivity contribution in [3.8, 4) is 11.1 Å².